The summed E-state index contributed by atoms with van der Waals surface area (Å²) in [7, 11) is 0. The quantitative estimate of drug-likeness (QED) is 0.551. The first kappa shape index (κ1) is 8.14. The summed E-state index contributed by atoms with van der Waals surface area (Å²) in [6, 6.07) is 3.74. The molecular formula is C7H8ClNO2. The van der Waals surface area contributed by atoms with Crippen molar-refractivity contribution in [3.05, 3.63) is 24.0 Å². The lowest BCUT2D eigenvalue weighted by Gasteiger charge is -2.04. The topological polar surface area (TPSA) is 42.1 Å². The SMILES string of the molecule is O=COC(Cl)Cc1ccc[nH]1. The Morgan fingerprint density at radius 2 is 2.64 bits per heavy atom. The number of carbonyl (C=O) groups excluding carboxylic acids is 1. The van der Waals surface area contributed by atoms with Gasteiger partial charge in [-0.3, -0.25) is 4.79 Å². The van der Waals surface area contributed by atoms with Crippen LogP contribution < -0.4 is 0 Å². The molecule has 4 heteroatoms. The van der Waals surface area contributed by atoms with Gasteiger partial charge in [0.05, 0.1) is 0 Å². The molecule has 0 fully saturated rings. The van der Waals surface area contributed by atoms with E-state index in [4.69, 9.17) is 11.6 Å². The number of hydrogen-bond donors (Lipinski definition) is 1. The minimum absolute atomic E-state index is 0.348. The van der Waals surface area contributed by atoms with E-state index in [0.29, 0.717) is 12.9 Å². The molecule has 1 heterocycles. The average Bonchev–Trinajstić information content (AvgIpc) is 2.40. The molecule has 1 rings (SSSR count). The van der Waals surface area contributed by atoms with E-state index in [0.717, 1.165) is 5.69 Å². The van der Waals surface area contributed by atoms with Gasteiger partial charge in [0.25, 0.3) is 6.47 Å². The van der Waals surface area contributed by atoms with Crippen molar-refractivity contribution in [3.8, 4) is 0 Å². The summed E-state index contributed by atoms with van der Waals surface area (Å²) in [6.45, 7) is 0.348. The number of halogens is 1. The number of nitrogens with one attached hydrogen (secondary N) is 1. The molecule has 3 nitrogen and oxygen atoms in total. The van der Waals surface area contributed by atoms with Gasteiger partial charge in [-0.15, -0.1) is 0 Å². The third-order valence-electron chi connectivity index (χ3n) is 1.25. The first-order valence-electron chi connectivity index (χ1n) is 3.18. The number of ether oxygens (including phenoxy) is 1. The highest BCUT2D eigenvalue weighted by molar-refractivity contribution is 6.20. The summed E-state index contributed by atoms with van der Waals surface area (Å²) >= 11 is 5.60. The average molecular weight is 174 g/mol. The van der Waals surface area contributed by atoms with Crippen LogP contribution in [0.5, 0.6) is 0 Å². The summed E-state index contributed by atoms with van der Waals surface area (Å²) in [6.07, 6.45) is 2.30. The number of aromatic amines is 1. The van der Waals surface area contributed by atoms with E-state index in [1.807, 2.05) is 12.1 Å². The molecule has 0 bridgehead atoms. The minimum Gasteiger partial charge on any atom is -0.448 e. The van der Waals surface area contributed by atoms with E-state index >= 15 is 0 Å². The maximum absolute atomic E-state index is 9.83. The van der Waals surface area contributed by atoms with Gasteiger partial charge in [-0.1, -0.05) is 11.6 Å². The zero-order chi connectivity index (χ0) is 8.10. The molecule has 0 saturated carbocycles. The molecule has 1 aromatic heterocycles. The first-order valence-corrected chi connectivity index (χ1v) is 3.62. The van der Waals surface area contributed by atoms with Gasteiger partial charge >= 0.3 is 0 Å². The Morgan fingerprint density at radius 1 is 1.82 bits per heavy atom. The largest absolute Gasteiger partial charge is 0.448 e. The predicted molar refractivity (Wildman–Crippen MR) is 41.3 cm³/mol. The zero-order valence-corrected chi connectivity index (χ0v) is 6.54. The molecule has 1 N–H and O–H groups in total. The van der Waals surface area contributed by atoms with E-state index in [1.165, 1.54) is 0 Å². The van der Waals surface area contributed by atoms with E-state index < -0.39 is 5.56 Å². The Hall–Kier alpha value is -0.960. The van der Waals surface area contributed by atoms with E-state index in [9.17, 15) is 4.79 Å². The summed E-state index contributed by atoms with van der Waals surface area (Å²) in [5, 5.41) is 0. The van der Waals surface area contributed by atoms with Gasteiger partial charge in [0.15, 0.2) is 5.56 Å². The molecule has 60 valence electrons. The summed E-state index contributed by atoms with van der Waals surface area (Å²) in [5.41, 5.74) is 0.373. The zero-order valence-electron chi connectivity index (χ0n) is 5.79. The van der Waals surface area contributed by atoms with E-state index in [2.05, 4.69) is 9.72 Å². The maximum Gasteiger partial charge on any atom is 0.294 e. The Balaban J connectivity index is 2.37. The van der Waals surface area contributed by atoms with Gasteiger partial charge in [-0.05, 0) is 12.1 Å². The molecule has 11 heavy (non-hydrogen) atoms. The summed E-state index contributed by atoms with van der Waals surface area (Å²) in [5.74, 6) is 0. The van der Waals surface area contributed by atoms with Crippen molar-refractivity contribution in [3.63, 3.8) is 0 Å². The van der Waals surface area contributed by atoms with Crippen molar-refractivity contribution >= 4 is 18.1 Å². The van der Waals surface area contributed by atoms with Gasteiger partial charge in [-0.25, -0.2) is 0 Å². The minimum atomic E-state index is -0.578. The second-order valence-corrected chi connectivity index (χ2v) is 2.53. The monoisotopic (exact) mass is 173 g/mol. The molecule has 0 aliphatic rings. The van der Waals surface area contributed by atoms with E-state index in [1.54, 1.807) is 6.20 Å². The van der Waals surface area contributed by atoms with Crippen LogP contribution in [0.4, 0.5) is 0 Å². The van der Waals surface area contributed by atoms with Crippen LogP contribution in [-0.2, 0) is 16.0 Å². The second kappa shape index (κ2) is 4.03. The molecule has 0 aliphatic carbocycles. The fourth-order valence-electron chi connectivity index (χ4n) is 0.776. The highest BCUT2D eigenvalue weighted by Crippen LogP contribution is 2.05. The van der Waals surface area contributed by atoms with Gasteiger partial charge in [0, 0.05) is 18.3 Å². The molecule has 1 atom stereocenters. The number of alkyl halides is 1. The molecule has 1 aromatic rings. The molecule has 0 amide bonds. The van der Waals surface area contributed by atoms with Gasteiger partial charge in [-0.2, -0.15) is 0 Å². The Labute approximate surface area is 69.3 Å². The summed E-state index contributed by atoms with van der Waals surface area (Å²) < 4.78 is 4.48. The van der Waals surface area contributed by atoms with Crippen molar-refractivity contribution in [1.29, 1.82) is 0 Å². The van der Waals surface area contributed by atoms with Crippen LogP contribution in [0.3, 0.4) is 0 Å². The summed E-state index contributed by atoms with van der Waals surface area (Å²) in [4.78, 5) is 12.8. The van der Waals surface area contributed by atoms with Crippen molar-refractivity contribution in [2.75, 3.05) is 0 Å². The predicted octanol–water partition coefficient (Wildman–Crippen LogP) is 1.30. The number of aromatic nitrogens is 1. The highest BCUT2D eigenvalue weighted by atomic mass is 35.5. The number of rotatable bonds is 4. The van der Waals surface area contributed by atoms with Crippen LogP contribution in [0.2, 0.25) is 0 Å². The number of H-pyrrole nitrogens is 1. The van der Waals surface area contributed by atoms with E-state index in [-0.39, 0.29) is 0 Å². The van der Waals surface area contributed by atoms with Crippen LogP contribution in [0.15, 0.2) is 18.3 Å². The highest BCUT2D eigenvalue weighted by Gasteiger charge is 2.04. The first-order chi connectivity index (χ1) is 5.33. The normalized spacial score (nSPS) is 12.5. The standard InChI is InChI=1S/C7H8ClNO2/c8-7(11-5-10)4-6-2-1-3-9-6/h1-3,5,7,9H,4H2. The fourth-order valence-corrected chi connectivity index (χ4v) is 0.984. The third kappa shape index (κ3) is 2.63. The van der Waals surface area contributed by atoms with Gasteiger partial charge in [0.2, 0.25) is 0 Å². The van der Waals surface area contributed by atoms with Crippen molar-refractivity contribution in [1.82, 2.24) is 4.98 Å². The lowest BCUT2D eigenvalue weighted by atomic mass is 10.3. The van der Waals surface area contributed by atoms with Crippen molar-refractivity contribution < 1.29 is 9.53 Å². The molecule has 0 radical (unpaired) electrons. The lowest BCUT2D eigenvalue weighted by molar-refractivity contribution is -0.130. The fraction of sp³-hybridized carbons (Fsp3) is 0.286. The Morgan fingerprint density at radius 3 is 3.18 bits per heavy atom. The molecular weight excluding hydrogens is 166 g/mol. The lowest BCUT2D eigenvalue weighted by Crippen LogP contribution is -2.07. The van der Waals surface area contributed by atoms with Crippen LogP contribution >= 0.6 is 11.6 Å². The molecule has 0 spiro atoms. The smallest absolute Gasteiger partial charge is 0.294 e. The molecule has 1 unspecified atom stereocenters. The molecule has 0 aromatic carbocycles. The number of hydrogen-bond acceptors (Lipinski definition) is 2. The molecule has 0 aliphatic heterocycles. The van der Waals surface area contributed by atoms with Crippen molar-refractivity contribution in [2.45, 2.75) is 12.0 Å². The van der Waals surface area contributed by atoms with Crippen LogP contribution in [-0.4, -0.2) is 17.0 Å². The second-order valence-electron chi connectivity index (χ2n) is 2.04. The maximum atomic E-state index is 9.83. The Kier molecular flexibility index (Phi) is 2.98. The van der Waals surface area contributed by atoms with Crippen LogP contribution in [0.25, 0.3) is 0 Å². The van der Waals surface area contributed by atoms with Crippen molar-refractivity contribution in [2.24, 2.45) is 0 Å². The third-order valence-corrected chi connectivity index (χ3v) is 1.50. The Bertz CT molecular complexity index is 210. The molecule has 0 saturated heterocycles. The van der Waals surface area contributed by atoms with Crippen LogP contribution in [0, 0.1) is 0 Å². The number of carbonyl (C=O) groups is 1. The van der Waals surface area contributed by atoms with Gasteiger partial charge < -0.3 is 9.72 Å². The van der Waals surface area contributed by atoms with Gasteiger partial charge in [0.1, 0.15) is 0 Å². The van der Waals surface area contributed by atoms with Crippen LogP contribution in [0.1, 0.15) is 5.69 Å².